The molecule has 0 spiro atoms. The van der Waals surface area contributed by atoms with E-state index in [1.807, 2.05) is 18.2 Å². The number of methoxy groups -OCH3 is 1. The van der Waals surface area contributed by atoms with E-state index in [1.165, 1.54) is 6.26 Å². The zero-order valence-electron chi connectivity index (χ0n) is 13.2. The molecule has 0 bridgehead atoms. The standard InChI is InChI=1S/C16H24ClNO3S/c1-21-16-6-5-15(17)11-14(16)10-13-4-3-7-18(12-13)8-9-22(2,19)20/h5-6,11,13H,3-4,7-10,12H2,1-2H3. The van der Waals surface area contributed by atoms with Gasteiger partial charge in [-0.3, -0.25) is 0 Å². The Bertz CT molecular complexity index is 603. The molecule has 22 heavy (non-hydrogen) atoms. The smallest absolute Gasteiger partial charge is 0.148 e. The van der Waals surface area contributed by atoms with E-state index in [0.29, 0.717) is 12.5 Å². The Kier molecular flexibility index (Phi) is 6.12. The molecular formula is C16H24ClNO3S. The van der Waals surface area contributed by atoms with Gasteiger partial charge in [-0.15, -0.1) is 0 Å². The number of likely N-dealkylation sites (tertiary alicyclic amines) is 1. The van der Waals surface area contributed by atoms with Gasteiger partial charge in [-0.1, -0.05) is 11.6 Å². The topological polar surface area (TPSA) is 46.6 Å². The number of sulfone groups is 1. The van der Waals surface area contributed by atoms with Crippen LogP contribution in [0.25, 0.3) is 0 Å². The second kappa shape index (κ2) is 7.66. The summed E-state index contributed by atoms with van der Waals surface area (Å²) in [6.45, 7) is 2.55. The molecule has 4 nitrogen and oxygen atoms in total. The molecule has 124 valence electrons. The van der Waals surface area contributed by atoms with Crippen LogP contribution in [-0.2, 0) is 16.3 Å². The van der Waals surface area contributed by atoms with E-state index in [4.69, 9.17) is 16.3 Å². The highest BCUT2D eigenvalue weighted by Gasteiger charge is 2.22. The zero-order valence-corrected chi connectivity index (χ0v) is 14.8. The van der Waals surface area contributed by atoms with Gasteiger partial charge in [0.1, 0.15) is 15.6 Å². The lowest BCUT2D eigenvalue weighted by atomic mass is 9.91. The maximum Gasteiger partial charge on any atom is 0.148 e. The number of halogens is 1. The highest BCUT2D eigenvalue weighted by Crippen LogP contribution is 2.28. The van der Waals surface area contributed by atoms with Crippen LogP contribution in [-0.4, -0.2) is 52.1 Å². The third-order valence-electron chi connectivity index (χ3n) is 4.13. The fourth-order valence-electron chi connectivity index (χ4n) is 3.03. The quantitative estimate of drug-likeness (QED) is 0.795. The molecule has 0 amide bonds. The summed E-state index contributed by atoms with van der Waals surface area (Å²) >= 11 is 6.09. The highest BCUT2D eigenvalue weighted by atomic mass is 35.5. The van der Waals surface area contributed by atoms with Gasteiger partial charge in [0.2, 0.25) is 0 Å². The van der Waals surface area contributed by atoms with Crippen LogP contribution in [0.4, 0.5) is 0 Å². The Morgan fingerprint density at radius 1 is 1.41 bits per heavy atom. The molecular weight excluding hydrogens is 322 g/mol. The molecule has 0 aliphatic carbocycles. The fourth-order valence-corrected chi connectivity index (χ4v) is 3.82. The van der Waals surface area contributed by atoms with Crippen molar-refractivity contribution in [1.29, 1.82) is 0 Å². The van der Waals surface area contributed by atoms with Crippen molar-refractivity contribution in [3.05, 3.63) is 28.8 Å². The van der Waals surface area contributed by atoms with Crippen molar-refractivity contribution in [3.8, 4) is 5.75 Å². The number of hydrogen-bond acceptors (Lipinski definition) is 4. The van der Waals surface area contributed by atoms with Crippen molar-refractivity contribution in [2.45, 2.75) is 19.3 Å². The minimum absolute atomic E-state index is 0.236. The second-order valence-corrected chi connectivity index (χ2v) is 8.80. The third kappa shape index (κ3) is 5.45. The summed E-state index contributed by atoms with van der Waals surface area (Å²) in [6.07, 6.45) is 4.48. The number of nitrogens with zero attached hydrogens (tertiary/aromatic N) is 1. The number of ether oxygens (including phenoxy) is 1. The second-order valence-electron chi connectivity index (χ2n) is 6.10. The van der Waals surface area contributed by atoms with Crippen LogP contribution in [0.3, 0.4) is 0 Å². The van der Waals surface area contributed by atoms with Gasteiger partial charge >= 0.3 is 0 Å². The average molecular weight is 346 g/mol. The van der Waals surface area contributed by atoms with Crippen LogP contribution in [0, 0.1) is 5.92 Å². The summed E-state index contributed by atoms with van der Waals surface area (Å²) < 4.78 is 28.0. The molecule has 0 N–H and O–H groups in total. The van der Waals surface area contributed by atoms with E-state index >= 15 is 0 Å². The number of hydrogen-bond donors (Lipinski definition) is 0. The van der Waals surface area contributed by atoms with Crippen LogP contribution in [0.15, 0.2) is 18.2 Å². The summed E-state index contributed by atoms with van der Waals surface area (Å²) in [5, 5.41) is 0.723. The number of piperidine rings is 1. The molecule has 1 unspecified atom stereocenters. The van der Waals surface area contributed by atoms with E-state index < -0.39 is 9.84 Å². The summed E-state index contributed by atoms with van der Waals surface area (Å²) in [7, 11) is -1.22. The molecule has 1 saturated heterocycles. The zero-order chi connectivity index (χ0) is 16.2. The first kappa shape index (κ1) is 17.6. The molecule has 1 aromatic rings. The first-order chi connectivity index (χ1) is 10.4. The molecule has 1 aromatic carbocycles. The Hall–Kier alpha value is -0.780. The van der Waals surface area contributed by atoms with E-state index in [-0.39, 0.29) is 5.75 Å². The minimum atomic E-state index is -2.90. The van der Waals surface area contributed by atoms with Crippen molar-refractivity contribution in [1.82, 2.24) is 4.90 Å². The highest BCUT2D eigenvalue weighted by molar-refractivity contribution is 7.90. The first-order valence-electron chi connectivity index (χ1n) is 7.60. The molecule has 0 aromatic heterocycles. The molecule has 6 heteroatoms. The van der Waals surface area contributed by atoms with Crippen molar-refractivity contribution in [2.75, 3.05) is 38.8 Å². The van der Waals surface area contributed by atoms with Crippen molar-refractivity contribution < 1.29 is 13.2 Å². The molecule has 1 fully saturated rings. The fraction of sp³-hybridized carbons (Fsp3) is 0.625. The molecule has 1 heterocycles. The van der Waals surface area contributed by atoms with Crippen LogP contribution in [0.2, 0.25) is 5.02 Å². The van der Waals surface area contributed by atoms with Crippen molar-refractivity contribution in [2.24, 2.45) is 5.92 Å². The molecule has 0 radical (unpaired) electrons. The largest absolute Gasteiger partial charge is 0.496 e. The van der Waals surface area contributed by atoms with Crippen LogP contribution in [0.1, 0.15) is 18.4 Å². The van der Waals surface area contributed by atoms with E-state index in [9.17, 15) is 8.42 Å². The van der Waals surface area contributed by atoms with Gasteiger partial charge in [-0.2, -0.15) is 0 Å². The lowest BCUT2D eigenvalue weighted by molar-refractivity contribution is 0.182. The van der Waals surface area contributed by atoms with Crippen molar-refractivity contribution >= 4 is 21.4 Å². The average Bonchev–Trinajstić information content (AvgIpc) is 2.45. The number of rotatable bonds is 6. The Morgan fingerprint density at radius 3 is 2.86 bits per heavy atom. The van der Waals surface area contributed by atoms with E-state index in [0.717, 1.165) is 48.7 Å². The molecule has 2 rings (SSSR count). The van der Waals surface area contributed by atoms with Gasteiger partial charge < -0.3 is 9.64 Å². The predicted molar refractivity (Wildman–Crippen MR) is 90.6 cm³/mol. The minimum Gasteiger partial charge on any atom is -0.496 e. The van der Waals surface area contributed by atoms with Crippen LogP contribution >= 0.6 is 11.6 Å². The summed E-state index contributed by atoms with van der Waals surface area (Å²) in [4.78, 5) is 2.26. The van der Waals surface area contributed by atoms with Crippen LogP contribution < -0.4 is 4.74 Å². The maximum absolute atomic E-state index is 11.3. The Balaban J connectivity index is 1.97. The molecule has 0 saturated carbocycles. The van der Waals surface area contributed by atoms with E-state index in [1.54, 1.807) is 7.11 Å². The predicted octanol–water partition coefficient (Wildman–Crippen LogP) is 2.65. The lowest BCUT2D eigenvalue weighted by Crippen LogP contribution is -2.38. The lowest BCUT2D eigenvalue weighted by Gasteiger charge is -2.32. The van der Waals surface area contributed by atoms with Crippen molar-refractivity contribution in [3.63, 3.8) is 0 Å². The number of benzene rings is 1. The monoisotopic (exact) mass is 345 g/mol. The van der Waals surface area contributed by atoms with Gasteiger partial charge in [0.05, 0.1) is 12.9 Å². The SMILES string of the molecule is COc1ccc(Cl)cc1CC1CCCN(CCS(C)(=O)=O)C1. The summed E-state index contributed by atoms with van der Waals surface area (Å²) in [5.74, 6) is 1.62. The third-order valence-corrected chi connectivity index (χ3v) is 5.29. The normalized spacial score (nSPS) is 20.0. The summed E-state index contributed by atoms with van der Waals surface area (Å²) in [6, 6.07) is 5.71. The van der Waals surface area contributed by atoms with Gasteiger partial charge in [0.15, 0.2) is 0 Å². The molecule has 1 atom stereocenters. The Morgan fingerprint density at radius 2 is 2.18 bits per heavy atom. The van der Waals surface area contributed by atoms with Gasteiger partial charge in [-0.25, -0.2) is 8.42 Å². The maximum atomic E-state index is 11.3. The van der Waals surface area contributed by atoms with Crippen LogP contribution in [0.5, 0.6) is 5.75 Å². The summed E-state index contributed by atoms with van der Waals surface area (Å²) in [5.41, 5.74) is 1.13. The van der Waals surface area contributed by atoms with Gasteiger partial charge in [0, 0.05) is 24.4 Å². The van der Waals surface area contributed by atoms with E-state index in [2.05, 4.69) is 4.90 Å². The van der Waals surface area contributed by atoms with Gasteiger partial charge in [-0.05, 0) is 55.5 Å². The first-order valence-corrected chi connectivity index (χ1v) is 10.0. The van der Waals surface area contributed by atoms with Gasteiger partial charge in [0.25, 0.3) is 0 Å². The molecule has 1 aliphatic rings. The molecule has 1 aliphatic heterocycles. The Labute approximate surface area is 138 Å².